The second-order valence-electron chi connectivity index (χ2n) is 7.14. The van der Waals surface area contributed by atoms with Gasteiger partial charge >= 0.3 is 6.03 Å². The third-order valence-corrected chi connectivity index (χ3v) is 4.98. The van der Waals surface area contributed by atoms with Crippen LogP contribution in [-0.4, -0.2) is 40.1 Å². The Morgan fingerprint density at radius 3 is 2.59 bits per heavy atom. The number of primary amides is 1. The number of pyridine rings is 1. The van der Waals surface area contributed by atoms with E-state index in [1.807, 2.05) is 19.1 Å². The number of nitrogens with zero attached hydrogens (tertiary/aromatic N) is 5. The van der Waals surface area contributed by atoms with Gasteiger partial charge in [-0.25, -0.2) is 19.7 Å². The first-order valence-electron chi connectivity index (χ1n) is 10.3. The maximum absolute atomic E-state index is 12.3. The van der Waals surface area contributed by atoms with Crippen LogP contribution in [0.3, 0.4) is 0 Å². The zero-order chi connectivity index (χ0) is 24.1. The Morgan fingerprint density at radius 1 is 1.03 bits per heavy atom. The van der Waals surface area contributed by atoms with Gasteiger partial charge in [0.1, 0.15) is 17.8 Å². The molecule has 2 aromatic heterocycles. The molecule has 10 nitrogen and oxygen atoms in total. The fraction of sp³-hybridized carbons (Fsp3) is 0.125. The van der Waals surface area contributed by atoms with Crippen molar-refractivity contribution in [2.75, 3.05) is 24.4 Å². The Kier molecular flexibility index (Phi) is 6.49. The Bertz CT molecular complexity index is 1330. The average Bonchev–Trinajstić information content (AvgIpc) is 2.86. The fourth-order valence-electron chi connectivity index (χ4n) is 3.38. The predicted molar refractivity (Wildman–Crippen MR) is 129 cm³/mol. The molecule has 0 unspecified atom stereocenters. The lowest BCUT2D eigenvalue weighted by molar-refractivity contribution is 0.256. The van der Waals surface area contributed by atoms with Gasteiger partial charge in [0, 0.05) is 13.2 Å². The number of urea groups is 1. The molecule has 0 fully saturated rings. The van der Waals surface area contributed by atoms with Crippen molar-refractivity contribution in [3.05, 3.63) is 72.7 Å². The molecule has 4 aromatic rings. The number of aromatic nitrogens is 4. The summed E-state index contributed by atoms with van der Waals surface area (Å²) in [4.78, 5) is 30.7. The van der Waals surface area contributed by atoms with Crippen LogP contribution in [0.15, 0.2) is 67.1 Å². The molecule has 0 spiro atoms. The van der Waals surface area contributed by atoms with Crippen LogP contribution in [0.5, 0.6) is 17.4 Å². The van der Waals surface area contributed by atoms with Gasteiger partial charge in [0.15, 0.2) is 5.82 Å². The smallest absolute Gasteiger partial charge is 0.324 e. The number of anilines is 3. The van der Waals surface area contributed by atoms with Crippen LogP contribution in [-0.2, 0) is 0 Å². The highest BCUT2D eigenvalue weighted by atomic mass is 16.5. The van der Waals surface area contributed by atoms with Crippen molar-refractivity contribution in [3.63, 3.8) is 0 Å². The van der Waals surface area contributed by atoms with Gasteiger partial charge in [-0.1, -0.05) is 12.1 Å². The highest BCUT2D eigenvalue weighted by Gasteiger charge is 2.20. The lowest BCUT2D eigenvalue weighted by atomic mass is 10.1. The molecule has 10 heteroatoms. The van der Waals surface area contributed by atoms with Gasteiger partial charge in [-0.15, -0.1) is 0 Å². The van der Waals surface area contributed by atoms with E-state index in [4.69, 9.17) is 15.2 Å². The molecule has 0 atom stereocenters. The SMILES string of the molecule is CNc1ncnc(-c2cccnc2Oc2ccc(N(C(N)=O)c3ccccc3OC)cc2C)n1. The van der Waals surface area contributed by atoms with Gasteiger partial charge in [-0.2, -0.15) is 4.98 Å². The van der Waals surface area contributed by atoms with Crippen molar-refractivity contribution < 1.29 is 14.3 Å². The molecular formula is C24H23N7O3. The summed E-state index contributed by atoms with van der Waals surface area (Å²) in [5.41, 5.74) is 8.19. The summed E-state index contributed by atoms with van der Waals surface area (Å²) in [6, 6.07) is 15.4. The highest BCUT2D eigenvalue weighted by Crippen LogP contribution is 2.37. The second-order valence-corrected chi connectivity index (χ2v) is 7.14. The minimum Gasteiger partial charge on any atom is -0.495 e. The molecule has 3 N–H and O–H groups in total. The quantitative estimate of drug-likeness (QED) is 0.420. The summed E-state index contributed by atoms with van der Waals surface area (Å²) < 4.78 is 11.5. The molecule has 34 heavy (non-hydrogen) atoms. The number of nitrogens with two attached hydrogens (primary N) is 1. The van der Waals surface area contributed by atoms with Crippen LogP contribution < -0.4 is 25.4 Å². The lowest BCUT2D eigenvalue weighted by Gasteiger charge is -2.23. The molecule has 4 rings (SSSR count). The summed E-state index contributed by atoms with van der Waals surface area (Å²) in [7, 11) is 3.27. The largest absolute Gasteiger partial charge is 0.495 e. The number of rotatable bonds is 7. The van der Waals surface area contributed by atoms with Crippen LogP contribution in [0.4, 0.5) is 22.1 Å². The maximum atomic E-state index is 12.3. The monoisotopic (exact) mass is 457 g/mol. The van der Waals surface area contributed by atoms with Crippen molar-refractivity contribution in [1.82, 2.24) is 19.9 Å². The van der Waals surface area contributed by atoms with Crippen LogP contribution in [0.25, 0.3) is 11.4 Å². The van der Waals surface area contributed by atoms with Gasteiger partial charge in [0.05, 0.1) is 24.0 Å². The van der Waals surface area contributed by atoms with Crippen LogP contribution in [0, 0.1) is 6.92 Å². The van der Waals surface area contributed by atoms with Gasteiger partial charge < -0.3 is 20.5 Å². The number of hydrogen-bond acceptors (Lipinski definition) is 8. The summed E-state index contributed by atoms with van der Waals surface area (Å²) in [5.74, 6) is 2.27. The number of carbonyl (C=O) groups is 1. The van der Waals surface area contributed by atoms with E-state index in [1.165, 1.54) is 18.3 Å². The van der Waals surface area contributed by atoms with E-state index in [1.54, 1.807) is 55.7 Å². The number of benzene rings is 2. The van der Waals surface area contributed by atoms with Crippen molar-refractivity contribution in [2.45, 2.75) is 6.92 Å². The zero-order valence-corrected chi connectivity index (χ0v) is 18.9. The average molecular weight is 457 g/mol. The molecule has 0 aliphatic heterocycles. The summed E-state index contributed by atoms with van der Waals surface area (Å²) >= 11 is 0. The normalized spacial score (nSPS) is 10.4. The molecule has 2 heterocycles. The zero-order valence-electron chi connectivity index (χ0n) is 18.9. The predicted octanol–water partition coefficient (Wildman–Crippen LogP) is 4.30. The lowest BCUT2D eigenvalue weighted by Crippen LogP contribution is -2.31. The second kappa shape index (κ2) is 9.82. The first-order chi connectivity index (χ1) is 16.5. The molecule has 0 aliphatic carbocycles. The van der Waals surface area contributed by atoms with E-state index in [0.717, 1.165) is 5.56 Å². The number of nitrogens with one attached hydrogen (secondary N) is 1. The molecule has 0 saturated heterocycles. The first-order valence-corrected chi connectivity index (χ1v) is 10.3. The molecule has 0 aliphatic rings. The third-order valence-electron chi connectivity index (χ3n) is 4.98. The topological polar surface area (TPSA) is 128 Å². The van der Waals surface area contributed by atoms with E-state index in [-0.39, 0.29) is 0 Å². The molecule has 2 amide bonds. The number of hydrogen-bond donors (Lipinski definition) is 2. The Hall–Kier alpha value is -4.73. The van der Waals surface area contributed by atoms with Crippen LogP contribution in [0.1, 0.15) is 5.56 Å². The van der Waals surface area contributed by atoms with Crippen molar-refractivity contribution in [1.29, 1.82) is 0 Å². The number of amides is 2. The number of para-hydroxylation sites is 2. The summed E-state index contributed by atoms with van der Waals surface area (Å²) in [6.07, 6.45) is 3.04. The van der Waals surface area contributed by atoms with Crippen molar-refractivity contribution in [2.24, 2.45) is 5.73 Å². The van der Waals surface area contributed by atoms with Gasteiger partial charge in [0.2, 0.25) is 11.8 Å². The number of aryl methyl sites for hydroxylation is 1. The minimum atomic E-state index is -0.639. The number of carbonyl (C=O) groups excluding carboxylic acids is 1. The van der Waals surface area contributed by atoms with Crippen LogP contribution in [0.2, 0.25) is 0 Å². The van der Waals surface area contributed by atoms with Gasteiger partial charge in [-0.05, 0) is 55.0 Å². The number of ether oxygens (including phenoxy) is 2. The van der Waals surface area contributed by atoms with E-state index < -0.39 is 6.03 Å². The third kappa shape index (κ3) is 4.56. The van der Waals surface area contributed by atoms with Crippen molar-refractivity contribution in [3.8, 4) is 28.8 Å². The minimum absolute atomic E-state index is 0.336. The Balaban J connectivity index is 1.68. The molecule has 0 radical (unpaired) electrons. The highest BCUT2D eigenvalue weighted by molar-refractivity contribution is 6.00. The van der Waals surface area contributed by atoms with E-state index in [2.05, 4.69) is 25.3 Å². The molecule has 0 saturated carbocycles. The molecule has 0 bridgehead atoms. The van der Waals surface area contributed by atoms with Gasteiger partial charge in [-0.3, -0.25) is 4.90 Å². The molecular weight excluding hydrogens is 434 g/mol. The molecule has 2 aromatic carbocycles. The van der Waals surface area contributed by atoms with E-state index in [9.17, 15) is 4.79 Å². The standard InChI is InChI=1S/C24H23N7O3/c1-15-13-16(31(23(25)32)18-8-4-5-9-20(18)33-3)10-11-19(15)34-22-17(7-6-12-27-22)21-28-14-29-24(26-2)30-21/h4-14H,1-3H3,(H2,25,32)(H,26,28,29,30). The summed E-state index contributed by atoms with van der Waals surface area (Å²) in [6.45, 7) is 1.87. The Morgan fingerprint density at radius 2 is 1.85 bits per heavy atom. The van der Waals surface area contributed by atoms with Crippen LogP contribution >= 0.6 is 0 Å². The maximum Gasteiger partial charge on any atom is 0.324 e. The molecule has 172 valence electrons. The van der Waals surface area contributed by atoms with E-state index >= 15 is 0 Å². The summed E-state index contributed by atoms with van der Waals surface area (Å²) in [5, 5.41) is 2.89. The van der Waals surface area contributed by atoms with Crippen molar-refractivity contribution >= 4 is 23.4 Å². The van der Waals surface area contributed by atoms with E-state index in [0.29, 0.717) is 46.1 Å². The first kappa shape index (κ1) is 22.5. The van der Waals surface area contributed by atoms with Gasteiger partial charge in [0.25, 0.3) is 0 Å². The Labute approximate surface area is 196 Å². The fourth-order valence-corrected chi connectivity index (χ4v) is 3.38. The number of methoxy groups -OCH3 is 1.